The Labute approximate surface area is 113 Å². The van der Waals surface area contributed by atoms with Crippen LogP contribution in [0.25, 0.3) is 0 Å². The molecule has 2 heterocycles. The van der Waals surface area contributed by atoms with E-state index < -0.39 is 29.9 Å². The summed E-state index contributed by atoms with van der Waals surface area (Å²) in [6.45, 7) is 8.01. The van der Waals surface area contributed by atoms with Gasteiger partial charge in [0.25, 0.3) is 0 Å². The van der Waals surface area contributed by atoms with Crippen LogP contribution < -0.4 is 0 Å². The van der Waals surface area contributed by atoms with Crippen LogP contribution in [0.1, 0.15) is 27.7 Å². The summed E-state index contributed by atoms with van der Waals surface area (Å²) >= 11 is 0. The number of aliphatic hydroxyl groups is 1. The first kappa shape index (κ1) is 15.2. The summed E-state index contributed by atoms with van der Waals surface area (Å²) in [6.07, 6.45) is -1.88. The van der Waals surface area contributed by atoms with E-state index in [2.05, 4.69) is 0 Å². The Morgan fingerprint density at radius 2 is 1.95 bits per heavy atom. The Morgan fingerprint density at radius 1 is 1.26 bits per heavy atom. The molecule has 0 aromatic rings. The predicted molar refractivity (Wildman–Crippen MR) is 66.6 cm³/mol. The van der Waals surface area contributed by atoms with Crippen molar-refractivity contribution in [2.45, 2.75) is 63.7 Å². The maximum absolute atomic E-state index is 10.3. The largest absolute Gasteiger partial charge is 0.387 e. The van der Waals surface area contributed by atoms with Gasteiger partial charge in [0.05, 0.1) is 13.2 Å². The Balaban J connectivity index is 1.93. The van der Waals surface area contributed by atoms with Crippen LogP contribution in [0.2, 0.25) is 0 Å². The van der Waals surface area contributed by atoms with Crippen molar-refractivity contribution < 1.29 is 28.8 Å². The number of hydrogen-bond donors (Lipinski definition) is 1. The van der Waals surface area contributed by atoms with Crippen LogP contribution in [0.5, 0.6) is 0 Å². The Morgan fingerprint density at radius 3 is 2.47 bits per heavy atom. The Kier molecular flexibility index (Phi) is 4.21. The van der Waals surface area contributed by atoms with E-state index in [-0.39, 0.29) is 6.10 Å². The number of hydrogen-bond acceptors (Lipinski definition) is 6. The fraction of sp³-hybridized carbons (Fsp3) is 1.00. The molecular formula is C13H24O6. The summed E-state index contributed by atoms with van der Waals surface area (Å²) in [7, 11) is 1.57. The molecule has 2 saturated heterocycles. The van der Waals surface area contributed by atoms with Gasteiger partial charge >= 0.3 is 0 Å². The third kappa shape index (κ3) is 3.45. The molecule has 0 radical (unpaired) electrons. The molecule has 6 nitrogen and oxygen atoms in total. The van der Waals surface area contributed by atoms with Crippen molar-refractivity contribution >= 4 is 0 Å². The van der Waals surface area contributed by atoms with Gasteiger partial charge < -0.3 is 28.8 Å². The molecule has 0 saturated carbocycles. The third-order valence-corrected chi connectivity index (χ3v) is 3.49. The second kappa shape index (κ2) is 5.27. The van der Waals surface area contributed by atoms with Gasteiger partial charge in [0, 0.05) is 7.11 Å². The molecule has 19 heavy (non-hydrogen) atoms. The van der Waals surface area contributed by atoms with Crippen molar-refractivity contribution in [1.29, 1.82) is 0 Å². The number of rotatable bonds is 4. The molecule has 1 N–H and O–H groups in total. The summed E-state index contributed by atoms with van der Waals surface area (Å²) in [5.41, 5.74) is 0. The smallest absolute Gasteiger partial charge is 0.163 e. The summed E-state index contributed by atoms with van der Waals surface area (Å²) in [6, 6.07) is 0. The van der Waals surface area contributed by atoms with Crippen LogP contribution in [0.4, 0.5) is 0 Å². The fourth-order valence-electron chi connectivity index (χ4n) is 2.34. The van der Waals surface area contributed by atoms with Crippen LogP contribution in [-0.4, -0.2) is 61.4 Å². The van der Waals surface area contributed by atoms with Gasteiger partial charge in [0.15, 0.2) is 11.6 Å². The summed E-state index contributed by atoms with van der Waals surface area (Å²) in [5.74, 6) is -1.38. The molecule has 2 rings (SSSR count). The summed E-state index contributed by atoms with van der Waals surface area (Å²) in [5, 5.41) is 10.3. The topological polar surface area (TPSA) is 66.4 Å². The first-order valence-electron chi connectivity index (χ1n) is 6.58. The zero-order valence-corrected chi connectivity index (χ0v) is 12.2. The molecule has 2 unspecified atom stereocenters. The van der Waals surface area contributed by atoms with Crippen LogP contribution in [-0.2, 0) is 23.7 Å². The van der Waals surface area contributed by atoms with Crippen LogP contribution in [0, 0.1) is 0 Å². The van der Waals surface area contributed by atoms with Crippen molar-refractivity contribution in [3.05, 3.63) is 0 Å². The number of methoxy groups -OCH3 is 1. The second-order valence-corrected chi connectivity index (χ2v) is 5.92. The zero-order chi connectivity index (χ0) is 14.3. The van der Waals surface area contributed by atoms with Gasteiger partial charge in [-0.1, -0.05) is 0 Å². The minimum absolute atomic E-state index is 0.274. The van der Waals surface area contributed by atoms with E-state index in [9.17, 15) is 5.11 Å². The van der Waals surface area contributed by atoms with Crippen molar-refractivity contribution in [2.75, 3.05) is 20.3 Å². The molecule has 112 valence electrons. The molecule has 2 aliphatic rings. The van der Waals surface area contributed by atoms with Gasteiger partial charge in [-0.05, 0) is 27.7 Å². The van der Waals surface area contributed by atoms with Gasteiger partial charge in [-0.15, -0.1) is 0 Å². The van der Waals surface area contributed by atoms with E-state index in [4.69, 9.17) is 23.7 Å². The van der Waals surface area contributed by atoms with Gasteiger partial charge in [-0.25, -0.2) is 0 Å². The lowest BCUT2D eigenvalue weighted by molar-refractivity contribution is -0.234. The zero-order valence-electron chi connectivity index (χ0n) is 12.2. The highest BCUT2D eigenvalue weighted by molar-refractivity contribution is 4.92. The SMILES string of the molecule is COC(C)(C)O[C@H]1COC(C2COC(C)(C)O2)[C@H]1O. The third-order valence-electron chi connectivity index (χ3n) is 3.49. The van der Waals surface area contributed by atoms with Gasteiger partial charge in [-0.3, -0.25) is 0 Å². The summed E-state index contributed by atoms with van der Waals surface area (Å²) < 4.78 is 27.7. The second-order valence-electron chi connectivity index (χ2n) is 5.92. The molecule has 0 bridgehead atoms. The normalized spacial score (nSPS) is 38.8. The number of ether oxygens (including phenoxy) is 5. The van der Waals surface area contributed by atoms with E-state index in [1.807, 2.05) is 13.8 Å². The standard InChI is InChI=1S/C13H24O6/c1-12(2,15-5)18-8-6-16-11(10(8)14)9-7-17-13(3,4)19-9/h8-11,14H,6-7H2,1-5H3/t8-,9?,10-,11?/m0/s1. The lowest BCUT2D eigenvalue weighted by Crippen LogP contribution is -2.44. The quantitative estimate of drug-likeness (QED) is 0.761. The lowest BCUT2D eigenvalue weighted by atomic mass is 10.1. The van der Waals surface area contributed by atoms with Crippen molar-refractivity contribution in [3.63, 3.8) is 0 Å². The van der Waals surface area contributed by atoms with Crippen molar-refractivity contribution in [3.8, 4) is 0 Å². The van der Waals surface area contributed by atoms with Crippen LogP contribution >= 0.6 is 0 Å². The van der Waals surface area contributed by atoms with Gasteiger partial charge in [0.1, 0.15) is 24.4 Å². The molecule has 0 aromatic carbocycles. The molecule has 6 heteroatoms. The van der Waals surface area contributed by atoms with E-state index >= 15 is 0 Å². The van der Waals surface area contributed by atoms with E-state index in [0.29, 0.717) is 13.2 Å². The molecule has 0 aromatic heterocycles. The molecular weight excluding hydrogens is 252 g/mol. The van der Waals surface area contributed by atoms with E-state index in [1.54, 1.807) is 21.0 Å². The van der Waals surface area contributed by atoms with Crippen LogP contribution in [0.3, 0.4) is 0 Å². The van der Waals surface area contributed by atoms with Crippen molar-refractivity contribution in [1.82, 2.24) is 0 Å². The molecule has 4 atom stereocenters. The van der Waals surface area contributed by atoms with Gasteiger partial charge in [0.2, 0.25) is 0 Å². The Hall–Kier alpha value is -0.240. The molecule has 2 aliphatic heterocycles. The molecule has 0 aliphatic carbocycles. The summed E-state index contributed by atoms with van der Waals surface area (Å²) in [4.78, 5) is 0. The molecule has 0 amide bonds. The fourth-order valence-corrected chi connectivity index (χ4v) is 2.34. The van der Waals surface area contributed by atoms with Gasteiger partial charge in [-0.2, -0.15) is 0 Å². The maximum atomic E-state index is 10.3. The molecule has 2 fully saturated rings. The minimum Gasteiger partial charge on any atom is -0.387 e. The maximum Gasteiger partial charge on any atom is 0.163 e. The monoisotopic (exact) mass is 276 g/mol. The highest BCUT2D eigenvalue weighted by atomic mass is 16.8. The Bertz CT molecular complexity index is 316. The minimum atomic E-state index is -0.754. The first-order chi connectivity index (χ1) is 8.74. The average Bonchev–Trinajstić information content (AvgIpc) is 2.83. The van der Waals surface area contributed by atoms with E-state index in [1.165, 1.54) is 0 Å². The first-order valence-corrected chi connectivity index (χ1v) is 6.58. The predicted octanol–water partition coefficient (Wildman–Crippen LogP) is 0.665. The molecule has 0 spiro atoms. The van der Waals surface area contributed by atoms with Crippen molar-refractivity contribution in [2.24, 2.45) is 0 Å². The highest BCUT2D eigenvalue weighted by Crippen LogP contribution is 2.31. The highest BCUT2D eigenvalue weighted by Gasteiger charge is 2.48. The lowest BCUT2D eigenvalue weighted by Gasteiger charge is -2.29. The van der Waals surface area contributed by atoms with Crippen LogP contribution in [0.15, 0.2) is 0 Å². The number of aliphatic hydroxyl groups excluding tert-OH is 1. The van der Waals surface area contributed by atoms with E-state index in [0.717, 1.165) is 0 Å². The average molecular weight is 276 g/mol.